The van der Waals surface area contributed by atoms with Crippen molar-refractivity contribution >= 4 is 27.4 Å². The summed E-state index contributed by atoms with van der Waals surface area (Å²) in [5, 5.41) is 3.25. The van der Waals surface area contributed by atoms with Gasteiger partial charge in [0.25, 0.3) is 0 Å². The number of rotatable bonds is 4. The molecule has 1 fully saturated rings. The number of ether oxygens (including phenoxy) is 1. The van der Waals surface area contributed by atoms with E-state index in [0.717, 1.165) is 49.1 Å². The van der Waals surface area contributed by atoms with Crippen LogP contribution in [-0.2, 0) is 6.54 Å². The fourth-order valence-corrected chi connectivity index (χ4v) is 4.15. The lowest BCUT2D eigenvalue weighted by molar-refractivity contribution is 0.245. The van der Waals surface area contributed by atoms with Crippen LogP contribution >= 0.6 is 11.3 Å². The van der Waals surface area contributed by atoms with Crippen LogP contribution in [0.5, 0.6) is 5.75 Å². The first kappa shape index (κ1) is 16.3. The number of aromatic nitrogens is 2. The van der Waals surface area contributed by atoms with E-state index in [0.29, 0.717) is 0 Å². The summed E-state index contributed by atoms with van der Waals surface area (Å²) in [5.41, 5.74) is 2.54. The second kappa shape index (κ2) is 6.98. The zero-order valence-corrected chi connectivity index (χ0v) is 15.4. The molecule has 0 radical (unpaired) electrons. The topological polar surface area (TPSA) is 41.5 Å². The van der Waals surface area contributed by atoms with E-state index in [2.05, 4.69) is 56.3 Å². The molecule has 0 unspecified atom stereocenters. The van der Waals surface area contributed by atoms with Crippen molar-refractivity contribution < 1.29 is 4.74 Å². The van der Waals surface area contributed by atoms with Gasteiger partial charge in [0.2, 0.25) is 0 Å². The Morgan fingerprint density at radius 2 is 1.96 bits per heavy atom. The van der Waals surface area contributed by atoms with Gasteiger partial charge < -0.3 is 9.64 Å². The van der Waals surface area contributed by atoms with Crippen LogP contribution in [-0.4, -0.2) is 48.2 Å². The Kier molecular flexibility index (Phi) is 4.55. The Morgan fingerprint density at radius 3 is 2.76 bits per heavy atom. The number of hydrogen-bond acceptors (Lipinski definition) is 6. The summed E-state index contributed by atoms with van der Waals surface area (Å²) in [6.45, 7) is 7.06. The Labute approximate surface area is 151 Å². The second-order valence-corrected chi connectivity index (χ2v) is 7.31. The molecule has 2 aromatic heterocycles. The smallest absolute Gasteiger partial charge is 0.140 e. The van der Waals surface area contributed by atoms with Crippen LogP contribution in [0, 0.1) is 6.92 Å². The highest BCUT2D eigenvalue weighted by Gasteiger charge is 2.21. The van der Waals surface area contributed by atoms with Gasteiger partial charge in [0.15, 0.2) is 0 Å². The van der Waals surface area contributed by atoms with Crippen LogP contribution in [0.4, 0.5) is 5.82 Å². The first-order valence-electron chi connectivity index (χ1n) is 8.53. The molecule has 0 spiro atoms. The van der Waals surface area contributed by atoms with E-state index in [4.69, 9.17) is 4.74 Å². The minimum atomic E-state index is 0.927. The maximum Gasteiger partial charge on any atom is 0.140 e. The average Bonchev–Trinajstić information content (AvgIpc) is 3.11. The van der Waals surface area contributed by atoms with Gasteiger partial charge in [-0.15, -0.1) is 11.3 Å². The summed E-state index contributed by atoms with van der Waals surface area (Å²) in [4.78, 5) is 14.8. The number of hydrogen-bond donors (Lipinski definition) is 0. The van der Waals surface area contributed by atoms with Crippen molar-refractivity contribution in [3.05, 3.63) is 47.1 Å². The van der Waals surface area contributed by atoms with Gasteiger partial charge in [-0.3, -0.25) is 4.90 Å². The second-order valence-electron chi connectivity index (χ2n) is 6.42. The highest BCUT2D eigenvalue weighted by molar-refractivity contribution is 7.16. The Balaban J connectivity index is 1.45. The molecular formula is C19H22N4OS. The molecule has 0 N–H and O–H groups in total. The van der Waals surface area contributed by atoms with Crippen LogP contribution in [0.1, 0.15) is 11.1 Å². The standard InChI is InChI=1S/C19H22N4OS/c1-14-3-4-17(24-2)15(11-14)12-22-6-8-23(9-7-22)18-16-5-10-25-19(16)21-13-20-18/h3-5,10-11,13H,6-9,12H2,1-2H3. The minimum absolute atomic E-state index is 0.927. The van der Waals surface area contributed by atoms with Crippen molar-refractivity contribution in [3.63, 3.8) is 0 Å². The third kappa shape index (κ3) is 3.32. The zero-order valence-electron chi connectivity index (χ0n) is 14.6. The highest BCUT2D eigenvalue weighted by Crippen LogP contribution is 2.28. The molecule has 130 valence electrons. The van der Waals surface area contributed by atoms with Crippen molar-refractivity contribution in [2.24, 2.45) is 0 Å². The molecule has 5 nitrogen and oxygen atoms in total. The SMILES string of the molecule is COc1ccc(C)cc1CN1CCN(c2ncnc3sccc23)CC1. The molecule has 1 aromatic carbocycles. The molecule has 1 aliphatic heterocycles. The van der Waals surface area contributed by atoms with Gasteiger partial charge in [0.05, 0.1) is 12.5 Å². The molecule has 0 aliphatic carbocycles. The van der Waals surface area contributed by atoms with Gasteiger partial charge in [-0.25, -0.2) is 9.97 Å². The molecule has 0 bridgehead atoms. The predicted molar refractivity (Wildman–Crippen MR) is 103 cm³/mol. The number of benzene rings is 1. The van der Waals surface area contributed by atoms with E-state index in [1.165, 1.54) is 16.5 Å². The first-order valence-corrected chi connectivity index (χ1v) is 9.41. The summed E-state index contributed by atoms with van der Waals surface area (Å²) >= 11 is 1.67. The molecule has 3 aromatic rings. The number of fused-ring (bicyclic) bond motifs is 1. The number of nitrogens with zero attached hydrogens (tertiary/aromatic N) is 4. The predicted octanol–water partition coefficient (Wildman–Crippen LogP) is 3.33. The first-order chi connectivity index (χ1) is 12.2. The summed E-state index contributed by atoms with van der Waals surface area (Å²) < 4.78 is 5.52. The zero-order chi connectivity index (χ0) is 17.2. The molecule has 0 saturated carbocycles. The maximum absolute atomic E-state index is 5.52. The highest BCUT2D eigenvalue weighted by atomic mass is 32.1. The molecule has 0 atom stereocenters. The van der Waals surface area contributed by atoms with E-state index in [1.54, 1.807) is 24.8 Å². The van der Waals surface area contributed by atoms with Crippen molar-refractivity contribution in [3.8, 4) is 5.75 Å². The molecule has 1 aliphatic rings. The monoisotopic (exact) mass is 354 g/mol. The van der Waals surface area contributed by atoms with Crippen molar-refractivity contribution in [2.75, 3.05) is 38.2 Å². The van der Waals surface area contributed by atoms with Crippen LogP contribution in [0.2, 0.25) is 0 Å². The molecule has 25 heavy (non-hydrogen) atoms. The Bertz CT molecular complexity index is 871. The number of thiophene rings is 1. The lowest BCUT2D eigenvalue weighted by Gasteiger charge is -2.35. The van der Waals surface area contributed by atoms with Crippen LogP contribution < -0.4 is 9.64 Å². The molecule has 6 heteroatoms. The number of methoxy groups -OCH3 is 1. The lowest BCUT2D eigenvalue weighted by Crippen LogP contribution is -2.46. The van der Waals surface area contributed by atoms with E-state index in [-0.39, 0.29) is 0 Å². The molecule has 4 rings (SSSR count). The quantitative estimate of drug-likeness (QED) is 0.719. The summed E-state index contributed by atoms with van der Waals surface area (Å²) in [5.74, 6) is 2.04. The number of aryl methyl sites for hydroxylation is 1. The minimum Gasteiger partial charge on any atom is -0.496 e. The van der Waals surface area contributed by atoms with E-state index >= 15 is 0 Å². The Hall–Kier alpha value is -2.18. The van der Waals surface area contributed by atoms with Crippen LogP contribution in [0.15, 0.2) is 36.0 Å². The molecule has 1 saturated heterocycles. The fourth-order valence-electron chi connectivity index (χ4n) is 3.42. The Morgan fingerprint density at radius 1 is 1.12 bits per heavy atom. The molecule has 0 amide bonds. The lowest BCUT2D eigenvalue weighted by atomic mass is 10.1. The van der Waals surface area contributed by atoms with Gasteiger partial charge in [-0.2, -0.15) is 0 Å². The number of piperazine rings is 1. The number of anilines is 1. The summed E-state index contributed by atoms with van der Waals surface area (Å²) in [6, 6.07) is 8.51. The van der Waals surface area contributed by atoms with Gasteiger partial charge >= 0.3 is 0 Å². The van der Waals surface area contributed by atoms with Crippen molar-refractivity contribution in [2.45, 2.75) is 13.5 Å². The van der Waals surface area contributed by atoms with Crippen molar-refractivity contribution in [1.82, 2.24) is 14.9 Å². The fraction of sp³-hybridized carbons (Fsp3) is 0.368. The summed E-state index contributed by atoms with van der Waals surface area (Å²) in [6.07, 6.45) is 1.68. The van der Waals surface area contributed by atoms with Crippen LogP contribution in [0.3, 0.4) is 0 Å². The van der Waals surface area contributed by atoms with Gasteiger partial charge in [-0.1, -0.05) is 17.7 Å². The van der Waals surface area contributed by atoms with Gasteiger partial charge in [0.1, 0.15) is 22.7 Å². The largest absolute Gasteiger partial charge is 0.496 e. The molecule has 3 heterocycles. The van der Waals surface area contributed by atoms with E-state index < -0.39 is 0 Å². The average molecular weight is 354 g/mol. The molecular weight excluding hydrogens is 332 g/mol. The normalized spacial score (nSPS) is 15.7. The van der Waals surface area contributed by atoms with Gasteiger partial charge in [-0.05, 0) is 24.4 Å². The van der Waals surface area contributed by atoms with E-state index in [1.807, 2.05) is 0 Å². The third-order valence-corrected chi connectivity index (χ3v) is 5.56. The summed E-state index contributed by atoms with van der Waals surface area (Å²) in [7, 11) is 1.74. The van der Waals surface area contributed by atoms with Crippen molar-refractivity contribution in [1.29, 1.82) is 0 Å². The third-order valence-electron chi connectivity index (χ3n) is 4.74. The van der Waals surface area contributed by atoms with Crippen LogP contribution in [0.25, 0.3) is 10.2 Å². The maximum atomic E-state index is 5.52. The van der Waals surface area contributed by atoms with Gasteiger partial charge in [0, 0.05) is 38.3 Å². The van der Waals surface area contributed by atoms with E-state index in [9.17, 15) is 0 Å².